The van der Waals surface area contributed by atoms with Crippen molar-refractivity contribution >= 4 is 52.2 Å². The number of hydrogen-bond donors (Lipinski definition) is 1. The first kappa shape index (κ1) is 29.0. The zero-order chi connectivity index (χ0) is 29.6. The lowest BCUT2D eigenvalue weighted by Crippen LogP contribution is -2.54. The minimum Gasteiger partial charge on any atom is -0.494 e. The van der Waals surface area contributed by atoms with Crippen molar-refractivity contribution < 1.29 is 28.2 Å². The molecule has 0 atom stereocenters. The van der Waals surface area contributed by atoms with Crippen LogP contribution >= 0.6 is 22.6 Å². The second-order valence-corrected chi connectivity index (χ2v) is 10.6. The van der Waals surface area contributed by atoms with E-state index in [1.165, 1.54) is 18.2 Å². The second-order valence-electron chi connectivity index (χ2n) is 9.45. The number of carbonyl (C=O) groups is 3. The fourth-order valence-corrected chi connectivity index (χ4v) is 5.33. The first-order valence-corrected chi connectivity index (χ1v) is 14.3. The maximum absolute atomic E-state index is 13.8. The largest absolute Gasteiger partial charge is 0.494 e. The average Bonchev–Trinajstić information content (AvgIpc) is 2.97. The summed E-state index contributed by atoms with van der Waals surface area (Å²) in [5.74, 6) is -0.740. The number of nitrogens with one attached hydrogen (secondary N) is 1. The van der Waals surface area contributed by atoms with Gasteiger partial charge in [0.05, 0.1) is 12.3 Å². The quantitative estimate of drug-likeness (QED) is 0.122. The van der Waals surface area contributed by atoms with Gasteiger partial charge in [0.15, 0.2) is 0 Å². The minimum absolute atomic E-state index is 0.199. The van der Waals surface area contributed by atoms with E-state index in [2.05, 4.69) is 27.9 Å². The Balaban J connectivity index is 1.39. The molecule has 0 aliphatic carbocycles. The van der Waals surface area contributed by atoms with Crippen LogP contribution in [0, 0.1) is 9.39 Å². The van der Waals surface area contributed by atoms with Gasteiger partial charge < -0.3 is 9.47 Å². The predicted molar refractivity (Wildman–Crippen MR) is 166 cm³/mol. The standard InChI is InChI=1S/C33H26FIN2O5/c1-2-41-30-19-23(18-29(35)27(30)16-22-9-6-10-24(34)15-22)17-28-31(38)36-33(40)37(32(28)39)25-11-13-26(14-12-25)42-20-21-7-4-3-5-8-21/h3-15,17-19H,2,16,20H2,1H3,(H,36,38,40)/b28-17+. The second kappa shape index (κ2) is 13.0. The molecule has 5 rings (SSSR count). The van der Waals surface area contributed by atoms with Crippen LogP contribution < -0.4 is 19.7 Å². The van der Waals surface area contributed by atoms with Gasteiger partial charge in [0.1, 0.15) is 29.5 Å². The molecule has 1 saturated heterocycles. The number of rotatable bonds is 9. The van der Waals surface area contributed by atoms with Crippen molar-refractivity contribution in [3.8, 4) is 11.5 Å². The summed E-state index contributed by atoms with van der Waals surface area (Å²) in [7, 11) is 0. The molecule has 9 heteroatoms. The highest BCUT2D eigenvalue weighted by atomic mass is 127. The monoisotopic (exact) mass is 676 g/mol. The molecule has 0 unspecified atom stereocenters. The number of imide groups is 2. The number of benzene rings is 4. The molecule has 0 saturated carbocycles. The number of anilines is 1. The van der Waals surface area contributed by atoms with Crippen molar-refractivity contribution in [3.63, 3.8) is 0 Å². The van der Waals surface area contributed by atoms with Gasteiger partial charge in [-0.25, -0.2) is 14.1 Å². The van der Waals surface area contributed by atoms with E-state index in [0.717, 1.165) is 25.2 Å². The van der Waals surface area contributed by atoms with Crippen molar-refractivity contribution in [2.75, 3.05) is 11.5 Å². The third-order valence-corrected chi connectivity index (χ3v) is 7.47. The Morgan fingerprint density at radius 1 is 0.881 bits per heavy atom. The third kappa shape index (κ3) is 6.68. The van der Waals surface area contributed by atoms with Crippen LogP contribution in [0.4, 0.5) is 14.9 Å². The molecule has 0 bridgehead atoms. The van der Waals surface area contributed by atoms with Crippen LogP contribution in [-0.2, 0) is 22.6 Å². The number of carbonyl (C=O) groups excluding carboxylic acids is 3. The van der Waals surface area contributed by atoms with Crippen molar-refractivity contribution in [1.29, 1.82) is 0 Å². The molecule has 7 nitrogen and oxygen atoms in total. The van der Waals surface area contributed by atoms with Crippen molar-refractivity contribution in [1.82, 2.24) is 5.32 Å². The summed E-state index contributed by atoms with van der Waals surface area (Å²) in [5.41, 5.74) is 3.28. The molecule has 1 heterocycles. The third-order valence-electron chi connectivity index (χ3n) is 6.50. The van der Waals surface area contributed by atoms with Gasteiger partial charge in [-0.05, 0) is 101 Å². The van der Waals surface area contributed by atoms with E-state index < -0.39 is 17.8 Å². The SMILES string of the molecule is CCOc1cc(/C=C2\C(=O)NC(=O)N(c3ccc(OCc4ccccc4)cc3)C2=O)cc(I)c1Cc1cccc(F)c1. The number of halogens is 2. The zero-order valence-electron chi connectivity index (χ0n) is 22.6. The summed E-state index contributed by atoms with van der Waals surface area (Å²) in [5, 5.41) is 2.25. The molecule has 4 aromatic carbocycles. The molecular weight excluding hydrogens is 650 g/mol. The van der Waals surface area contributed by atoms with Gasteiger partial charge in [-0.15, -0.1) is 0 Å². The normalized spacial score (nSPS) is 14.2. The van der Waals surface area contributed by atoms with Crippen LogP contribution in [0.3, 0.4) is 0 Å². The lowest BCUT2D eigenvalue weighted by atomic mass is 10.0. The van der Waals surface area contributed by atoms with Gasteiger partial charge in [0.2, 0.25) is 0 Å². The summed E-state index contributed by atoms with van der Waals surface area (Å²) in [6.07, 6.45) is 1.88. The first-order valence-electron chi connectivity index (χ1n) is 13.2. The molecule has 1 fully saturated rings. The molecule has 1 aliphatic heterocycles. The smallest absolute Gasteiger partial charge is 0.335 e. The van der Waals surface area contributed by atoms with Crippen molar-refractivity contribution in [2.45, 2.75) is 20.0 Å². The highest BCUT2D eigenvalue weighted by Crippen LogP contribution is 2.31. The van der Waals surface area contributed by atoms with Crippen LogP contribution in [0.25, 0.3) is 6.08 Å². The minimum atomic E-state index is -0.838. The summed E-state index contributed by atoms with van der Waals surface area (Å²) >= 11 is 2.16. The van der Waals surface area contributed by atoms with Crippen LogP contribution in [-0.4, -0.2) is 24.5 Å². The van der Waals surface area contributed by atoms with E-state index in [1.54, 1.807) is 36.4 Å². The maximum Gasteiger partial charge on any atom is 0.335 e. The summed E-state index contributed by atoms with van der Waals surface area (Å²) in [6, 6.07) is 25.2. The number of amides is 4. The molecule has 4 aromatic rings. The Labute approximate surface area is 256 Å². The molecule has 4 amide bonds. The van der Waals surface area contributed by atoms with Crippen LogP contribution in [0.5, 0.6) is 11.5 Å². The molecule has 42 heavy (non-hydrogen) atoms. The number of ether oxygens (including phenoxy) is 2. The zero-order valence-corrected chi connectivity index (χ0v) is 24.8. The summed E-state index contributed by atoms with van der Waals surface area (Å²) in [4.78, 5) is 39.9. The van der Waals surface area contributed by atoms with E-state index in [1.807, 2.05) is 49.4 Å². The molecule has 0 aromatic heterocycles. The Morgan fingerprint density at radius 2 is 1.62 bits per heavy atom. The van der Waals surface area contributed by atoms with Crippen LogP contribution in [0.2, 0.25) is 0 Å². The number of barbiturate groups is 1. The van der Waals surface area contributed by atoms with Crippen molar-refractivity contribution in [2.24, 2.45) is 0 Å². The van der Waals surface area contributed by atoms with Gasteiger partial charge in [-0.3, -0.25) is 14.9 Å². The van der Waals surface area contributed by atoms with Crippen LogP contribution in [0.15, 0.2) is 96.6 Å². The maximum atomic E-state index is 13.8. The predicted octanol–water partition coefficient (Wildman–Crippen LogP) is 6.67. The highest BCUT2D eigenvalue weighted by Gasteiger charge is 2.37. The van der Waals surface area contributed by atoms with Gasteiger partial charge in [0.25, 0.3) is 11.8 Å². The van der Waals surface area contributed by atoms with E-state index in [4.69, 9.17) is 9.47 Å². The van der Waals surface area contributed by atoms with Crippen molar-refractivity contribution in [3.05, 3.63) is 128 Å². The van der Waals surface area contributed by atoms with Gasteiger partial charge in [-0.2, -0.15) is 0 Å². The van der Waals surface area contributed by atoms with Gasteiger partial charge >= 0.3 is 6.03 Å². The highest BCUT2D eigenvalue weighted by molar-refractivity contribution is 14.1. The topological polar surface area (TPSA) is 84.9 Å². The average molecular weight is 676 g/mol. The Kier molecular flexibility index (Phi) is 8.97. The summed E-state index contributed by atoms with van der Waals surface area (Å²) in [6.45, 7) is 2.61. The lowest BCUT2D eigenvalue weighted by molar-refractivity contribution is -0.122. The lowest BCUT2D eigenvalue weighted by Gasteiger charge is -2.26. The van der Waals surface area contributed by atoms with Crippen LogP contribution in [0.1, 0.15) is 29.2 Å². The van der Waals surface area contributed by atoms with E-state index >= 15 is 0 Å². The van der Waals surface area contributed by atoms with E-state index in [9.17, 15) is 18.8 Å². The van der Waals surface area contributed by atoms with E-state index in [-0.39, 0.29) is 17.1 Å². The molecule has 1 aliphatic rings. The molecule has 212 valence electrons. The van der Waals surface area contributed by atoms with Gasteiger partial charge in [-0.1, -0.05) is 42.5 Å². The Hall–Kier alpha value is -4.51. The fraction of sp³-hybridized carbons (Fsp3) is 0.121. The Morgan fingerprint density at radius 3 is 2.33 bits per heavy atom. The molecule has 0 spiro atoms. The fourth-order valence-electron chi connectivity index (χ4n) is 4.51. The Bertz CT molecular complexity index is 1670. The number of hydrogen-bond acceptors (Lipinski definition) is 5. The van der Waals surface area contributed by atoms with Gasteiger partial charge in [0, 0.05) is 15.6 Å². The molecule has 0 radical (unpaired) electrons. The molecule has 1 N–H and O–H groups in total. The molecular formula is C33H26FIN2O5. The van der Waals surface area contributed by atoms with E-state index in [0.29, 0.717) is 36.7 Å². The summed E-state index contributed by atoms with van der Waals surface area (Å²) < 4.78 is 26.3. The number of nitrogens with zero attached hydrogens (tertiary/aromatic N) is 1. The first-order chi connectivity index (χ1) is 20.3. The number of urea groups is 1.